The molecule has 2 rings (SSSR count). The van der Waals surface area contributed by atoms with Crippen molar-refractivity contribution in [2.24, 2.45) is 10.6 Å². The van der Waals surface area contributed by atoms with Crippen LogP contribution in [0.3, 0.4) is 0 Å². The lowest BCUT2D eigenvalue weighted by Crippen LogP contribution is -2.40. The maximum Gasteiger partial charge on any atom is 0.370 e. The van der Waals surface area contributed by atoms with Crippen molar-refractivity contribution in [1.82, 2.24) is 20.7 Å². The molecule has 2 unspecified atom stereocenters. The molecule has 0 aliphatic carbocycles. The fraction of sp³-hybridized carbons (Fsp3) is 0.500. The third kappa shape index (κ3) is 0.841. The first-order chi connectivity index (χ1) is 6.69. The van der Waals surface area contributed by atoms with Crippen LogP contribution in [0.2, 0.25) is 0 Å². The van der Waals surface area contributed by atoms with Gasteiger partial charge in [-0.3, -0.25) is 0 Å². The molecule has 2 heterocycles. The fourth-order valence-corrected chi connectivity index (χ4v) is 1.37. The Balaban J connectivity index is 2.33. The minimum absolute atomic E-state index is 0.434. The van der Waals surface area contributed by atoms with Gasteiger partial charge < -0.3 is 10.6 Å². The van der Waals surface area contributed by atoms with Gasteiger partial charge in [-0.25, -0.2) is 9.59 Å². The lowest BCUT2D eigenvalue weighted by atomic mass is 10.4. The number of nitrogens with one attached hydrogen (secondary N) is 2. The maximum absolute atomic E-state index is 11.2. The summed E-state index contributed by atoms with van der Waals surface area (Å²) in [5.74, 6) is 0. The molecule has 14 heavy (non-hydrogen) atoms. The van der Waals surface area contributed by atoms with Crippen LogP contribution in [0.25, 0.3) is 0 Å². The van der Waals surface area contributed by atoms with Crippen LogP contribution in [0.15, 0.2) is 10.6 Å². The Morgan fingerprint density at radius 1 is 1.00 bits per heavy atom. The average molecular weight is 200 g/mol. The number of rotatable bonds is 2. The molecular formula is C4H4N6O4. The third-order valence-corrected chi connectivity index (χ3v) is 1.95. The van der Waals surface area contributed by atoms with E-state index < -0.39 is 24.4 Å². The second-order valence-corrected chi connectivity index (χ2v) is 2.64. The summed E-state index contributed by atoms with van der Waals surface area (Å²) < 4.78 is 0. The number of nitroso groups, excluding NO2 is 2. The summed E-state index contributed by atoms with van der Waals surface area (Å²) >= 11 is 0. The first-order valence-corrected chi connectivity index (χ1v) is 3.55. The van der Waals surface area contributed by atoms with Crippen LogP contribution in [-0.4, -0.2) is 34.4 Å². The van der Waals surface area contributed by atoms with E-state index in [9.17, 15) is 19.4 Å². The highest BCUT2D eigenvalue weighted by Crippen LogP contribution is 2.23. The lowest BCUT2D eigenvalue weighted by molar-refractivity contribution is 0.179. The van der Waals surface area contributed by atoms with Crippen LogP contribution in [0.1, 0.15) is 0 Å². The Hall–Kier alpha value is -2.26. The second-order valence-electron chi connectivity index (χ2n) is 2.64. The van der Waals surface area contributed by atoms with Gasteiger partial charge in [0.2, 0.25) is 0 Å². The number of fused-ring (bicyclic) bond motifs is 1. The van der Waals surface area contributed by atoms with Gasteiger partial charge in [-0.15, -0.1) is 19.8 Å². The normalized spacial score (nSPS) is 29.7. The fourth-order valence-electron chi connectivity index (χ4n) is 1.37. The molecule has 2 aliphatic heterocycles. The summed E-state index contributed by atoms with van der Waals surface area (Å²) in [7, 11) is 0. The number of carbonyl (C=O) groups excluding carboxylic acids is 2. The molecule has 0 spiro atoms. The third-order valence-electron chi connectivity index (χ3n) is 1.95. The minimum atomic E-state index is -0.981. The van der Waals surface area contributed by atoms with Crippen molar-refractivity contribution in [3.8, 4) is 0 Å². The van der Waals surface area contributed by atoms with E-state index >= 15 is 0 Å². The van der Waals surface area contributed by atoms with Crippen LogP contribution in [-0.2, 0) is 0 Å². The number of hydrogen-bond donors (Lipinski definition) is 2. The molecule has 74 valence electrons. The van der Waals surface area contributed by atoms with E-state index in [1.807, 2.05) is 0 Å². The van der Waals surface area contributed by atoms with Crippen LogP contribution in [0.5, 0.6) is 0 Å². The van der Waals surface area contributed by atoms with Gasteiger partial charge in [0.15, 0.2) is 12.3 Å². The molecular weight excluding hydrogens is 196 g/mol. The summed E-state index contributed by atoms with van der Waals surface area (Å²) in [5.41, 5.74) is 0. The van der Waals surface area contributed by atoms with E-state index in [1.165, 1.54) is 0 Å². The number of carbonyl (C=O) groups is 2. The summed E-state index contributed by atoms with van der Waals surface area (Å²) in [6.45, 7) is 0. The molecule has 0 aromatic carbocycles. The molecule has 2 aliphatic rings. The summed E-state index contributed by atoms with van der Waals surface area (Å²) in [6, 6.07) is -1.58. The van der Waals surface area contributed by atoms with Crippen molar-refractivity contribution < 1.29 is 9.59 Å². The molecule has 4 amide bonds. The van der Waals surface area contributed by atoms with Gasteiger partial charge in [0.05, 0.1) is 10.6 Å². The topological polar surface area (TPSA) is 124 Å². The van der Waals surface area contributed by atoms with Crippen molar-refractivity contribution in [3.63, 3.8) is 0 Å². The zero-order valence-electron chi connectivity index (χ0n) is 6.58. The van der Waals surface area contributed by atoms with Gasteiger partial charge >= 0.3 is 12.1 Å². The summed E-state index contributed by atoms with van der Waals surface area (Å²) in [6.07, 6.45) is -1.96. The lowest BCUT2D eigenvalue weighted by Gasteiger charge is -2.09. The largest absolute Gasteiger partial charge is 0.370 e. The highest BCUT2D eigenvalue weighted by molar-refractivity contribution is 5.84. The van der Waals surface area contributed by atoms with Gasteiger partial charge in [-0.1, -0.05) is 0 Å². The van der Waals surface area contributed by atoms with E-state index in [1.54, 1.807) is 0 Å². The minimum Gasteiger partial charge on any atom is -0.312 e. The van der Waals surface area contributed by atoms with Crippen molar-refractivity contribution in [2.45, 2.75) is 12.3 Å². The Morgan fingerprint density at radius 2 is 1.43 bits per heavy atom. The van der Waals surface area contributed by atoms with E-state index in [2.05, 4.69) is 21.2 Å². The van der Waals surface area contributed by atoms with Gasteiger partial charge in [-0.2, -0.15) is 0 Å². The van der Waals surface area contributed by atoms with Crippen molar-refractivity contribution in [3.05, 3.63) is 9.81 Å². The van der Waals surface area contributed by atoms with Crippen molar-refractivity contribution >= 4 is 12.1 Å². The molecule has 2 fully saturated rings. The molecule has 10 heteroatoms. The second kappa shape index (κ2) is 2.61. The van der Waals surface area contributed by atoms with Crippen LogP contribution in [0.4, 0.5) is 9.59 Å². The summed E-state index contributed by atoms with van der Waals surface area (Å²) in [5, 5.41) is 10.1. The predicted octanol–water partition coefficient (Wildman–Crippen LogP) is -0.948. The maximum atomic E-state index is 11.2. The van der Waals surface area contributed by atoms with Crippen LogP contribution >= 0.6 is 0 Å². The molecule has 2 atom stereocenters. The number of amides is 4. The molecule has 0 aromatic heterocycles. The highest BCUT2D eigenvalue weighted by Gasteiger charge is 2.53. The SMILES string of the molecule is O=NN1C(=O)N(N=O)C2NC(=O)NC21. The first-order valence-electron chi connectivity index (χ1n) is 3.55. The molecule has 0 radical (unpaired) electrons. The average Bonchev–Trinajstić information content (AvgIpc) is 2.59. The standard InChI is InChI=1S/C4H4N6O4/c11-3-5-1-2(6-3)10(8-14)4(12)9(1)7-13/h1-2H,(H2,5,6,11). The Bertz CT molecular complexity index is 302. The number of hydrogen-bond acceptors (Lipinski definition) is 6. The van der Waals surface area contributed by atoms with Crippen LogP contribution in [0, 0.1) is 9.81 Å². The van der Waals surface area contributed by atoms with Gasteiger partial charge in [0, 0.05) is 0 Å². The Labute approximate surface area is 76.1 Å². The molecule has 10 nitrogen and oxygen atoms in total. The zero-order chi connectivity index (χ0) is 10.3. The van der Waals surface area contributed by atoms with E-state index in [0.717, 1.165) is 0 Å². The molecule has 2 N–H and O–H groups in total. The Morgan fingerprint density at radius 3 is 1.79 bits per heavy atom. The smallest absolute Gasteiger partial charge is 0.312 e. The number of urea groups is 2. The monoisotopic (exact) mass is 200 g/mol. The molecule has 2 saturated heterocycles. The summed E-state index contributed by atoms with van der Waals surface area (Å²) in [4.78, 5) is 42.4. The first kappa shape index (κ1) is 8.34. The quantitative estimate of drug-likeness (QED) is 0.557. The Kier molecular flexibility index (Phi) is 1.56. The van der Waals surface area contributed by atoms with E-state index in [-0.39, 0.29) is 0 Å². The van der Waals surface area contributed by atoms with Gasteiger partial charge in [-0.05, 0) is 0 Å². The number of nitrogens with zero attached hydrogens (tertiary/aromatic N) is 4. The highest BCUT2D eigenvalue weighted by atomic mass is 16.3. The van der Waals surface area contributed by atoms with Gasteiger partial charge in [0.1, 0.15) is 0 Å². The zero-order valence-corrected chi connectivity index (χ0v) is 6.58. The molecule has 0 saturated carbocycles. The van der Waals surface area contributed by atoms with Crippen molar-refractivity contribution in [2.75, 3.05) is 0 Å². The molecule has 0 bridgehead atoms. The van der Waals surface area contributed by atoms with Gasteiger partial charge in [0.25, 0.3) is 0 Å². The van der Waals surface area contributed by atoms with Crippen LogP contribution < -0.4 is 10.6 Å². The predicted molar refractivity (Wildman–Crippen MR) is 39.9 cm³/mol. The van der Waals surface area contributed by atoms with Crippen molar-refractivity contribution in [1.29, 1.82) is 0 Å². The van der Waals surface area contributed by atoms with E-state index in [0.29, 0.717) is 10.0 Å². The van der Waals surface area contributed by atoms with E-state index in [4.69, 9.17) is 0 Å². The molecule has 0 aromatic rings.